The monoisotopic (exact) mass is 380 g/mol. The van der Waals surface area contributed by atoms with Crippen LogP contribution in [-0.4, -0.2) is 18.4 Å². The standard InChI is InChI=1S/C17H14BrFO4/c1-2-22-17(21)15(20)12-8-13(18)16(14(19)9-12)23-10-11-6-4-3-5-7-11/h3-9H,2,10H2,1H3. The van der Waals surface area contributed by atoms with Crippen LogP contribution in [0.15, 0.2) is 46.9 Å². The lowest BCUT2D eigenvalue weighted by Gasteiger charge is -2.11. The lowest BCUT2D eigenvalue weighted by Crippen LogP contribution is -2.17. The summed E-state index contributed by atoms with van der Waals surface area (Å²) < 4.78 is 24.5. The number of Topliss-reactive ketones (excluding diaryl/α,β-unsaturated/α-hetero) is 1. The Labute approximate surface area is 141 Å². The Kier molecular flexibility index (Phi) is 5.87. The van der Waals surface area contributed by atoms with Crippen LogP contribution >= 0.6 is 15.9 Å². The van der Waals surface area contributed by atoms with Gasteiger partial charge in [0.2, 0.25) is 0 Å². The van der Waals surface area contributed by atoms with Crippen molar-refractivity contribution in [2.45, 2.75) is 13.5 Å². The predicted octanol–water partition coefficient (Wildman–Crippen LogP) is 3.91. The fourth-order valence-electron chi connectivity index (χ4n) is 1.87. The van der Waals surface area contributed by atoms with Gasteiger partial charge in [0.05, 0.1) is 11.1 Å². The molecule has 0 amide bonds. The number of carbonyl (C=O) groups excluding carboxylic acids is 2. The number of halogens is 2. The van der Waals surface area contributed by atoms with Crippen LogP contribution in [0.4, 0.5) is 4.39 Å². The van der Waals surface area contributed by atoms with Crippen molar-refractivity contribution in [2.24, 2.45) is 0 Å². The Bertz CT molecular complexity index is 693. The Morgan fingerprint density at radius 1 is 1.17 bits per heavy atom. The maximum Gasteiger partial charge on any atom is 0.379 e. The number of esters is 1. The number of carbonyl (C=O) groups is 2. The van der Waals surface area contributed by atoms with Gasteiger partial charge in [-0.3, -0.25) is 4.79 Å². The van der Waals surface area contributed by atoms with Gasteiger partial charge >= 0.3 is 5.97 Å². The summed E-state index contributed by atoms with van der Waals surface area (Å²) in [6.45, 7) is 1.84. The van der Waals surface area contributed by atoms with Gasteiger partial charge in [-0.25, -0.2) is 9.18 Å². The molecule has 23 heavy (non-hydrogen) atoms. The van der Waals surface area contributed by atoms with Gasteiger partial charge in [0.1, 0.15) is 6.61 Å². The minimum Gasteiger partial charge on any atom is -0.485 e. The number of rotatable bonds is 6. The molecule has 0 aliphatic rings. The number of ether oxygens (including phenoxy) is 2. The van der Waals surface area contributed by atoms with E-state index >= 15 is 0 Å². The van der Waals surface area contributed by atoms with Gasteiger partial charge in [-0.05, 0) is 40.5 Å². The Hall–Kier alpha value is -2.21. The van der Waals surface area contributed by atoms with Crippen molar-refractivity contribution in [2.75, 3.05) is 6.61 Å². The molecule has 0 atom stereocenters. The van der Waals surface area contributed by atoms with Crippen molar-refractivity contribution in [3.8, 4) is 5.75 Å². The number of hydrogen-bond acceptors (Lipinski definition) is 4. The van der Waals surface area contributed by atoms with Crippen LogP contribution in [0.1, 0.15) is 22.8 Å². The van der Waals surface area contributed by atoms with Crippen molar-refractivity contribution in [1.29, 1.82) is 0 Å². The summed E-state index contributed by atoms with van der Waals surface area (Å²) in [6.07, 6.45) is 0. The van der Waals surface area contributed by atoms with E-state index in [-0.39, 0.29) is 29.0 Å². The first-order valence-corrected chi connectivity index (χ1v) is 7.69. The molecule has 0 aliphatic heterocycles. The lowest BCUT2D eigenvalue weighted by molar-refractivity contribution is -0.137. The molecule has 0 fully saturated rings. The molecule has 0 spiro atoms. The minimum atomic E-state index is -1.02. The number of ketones is 1. The highest BCUT2D eigenvalue weighted by molar-refractivity contribution is 9.10. The second-order valence-corrected chi connectivity index (χ2v) is 5.45. The average Bonchev–Trinajstić information content (AvgIpc) is 2.54. The van der Waals surface area contributed by atoms with Crippen molar-refractivity contribution in [1.82, 2.24) is 0 Å². The van der Waals surface area contributed by atoms with Crippen LogP contribution in [-0.2, 0) is 16.1 Å². The summed E-state index contributed by atoms with van der Waals surface area (Å²) in [7, 11) is 0. The zero-order valence-corrected chi connectivity index (χ0v) is 13.9. The highest BCUT2D eigenvalue weighted by Crippen LogP contribution is 2.30. The van der Waals surface area contributed by atoms with Crippen molar-refractivity contribution in [3.05, 3.63) is 63.9 Å². The molecule has 0 saturated carbocycles. The third-order valence-corrected chi connectivity index (χ3v) is 3.54. The SMILES string of the molecule is CCOC(=O)C(=O)c1cc(F)c(OCc2ccccc2)c(Br)c1. The van der Waals surface area contributed by atoms with E-state index in [9.17, 15) is 14.0 Å². The topological polar surface area (TPSA) is 52.6 Å². The first-order valence-electron chi connectivity index (χ1n) is 6.90. The van der Waals surface area contributed by atoms with E-state index in [0.29, 0.717) is 0 Å². The van der Waals surface area contributed by atoms with Gasteiger partial charge < -0.3 is 9.47 Å². The third-order valence-electron chi connectivity index (χ3n) is 2.95. The molecule has 2 aromatic carbocycles. The average molecular weight is 381 g/mol. The maximum absolute atomic E-state index is 14.2. The van der Waals surface area contributed by atoms with E-state index in [4.69, 9.17) is 4.74 Å². The van der Waals surface area contributed by atoms with Crippen molar-refractivity contribution in [3.63, 3.8) is 0 Å². The molecule has 120 valence electrons. The van der Waals surface area contributed by atoms with Crippen LogP contribution in [0.3, 0.4) is 0 Å². The van der Waals surface area contributed by atoms with E-state index in [1.165, 1.54) is 6.07 Å². The Morgan fingerprint density at radius 2 is 1.87 bits per heavy atom. The van der Waals surface area contributed by atoms with E-state index in [1.807, 2.05) is 30.3 Å². The second-order valence-electron chi connectivity index (χ2n) is 4.59. The molecule has 0 bridgehead atoms. The van der Waals surface area contributed by atoms with Gasteiger partial charge in [0.15, 0.2) is 11.6 Å². The van der Waals surface area contributed by atoms with Gasteiger partial charge in [-0.15, -0.1) is 0 Å². The molecule has 0 saturated heterocycles. The second kappa shape index (κ2) is 7.87. The van der Waals surface area contributed by atoms with E-state index in [2.05, 4.69) is 20.7 Å². The van der Waals surface area contributed by atoms with Gasteiger partial charge in [0, 0.05) is 5.56 Å². The zero-order valence-electron chi connectivity index (χ0n) is 12.3. The first-order chi connectivity index (χ1) is 11.0. The molecule has 0 heterocycles. The van der Waals surface area contributed by atoms with Gasteiger partial charge in [0.25, 0.3) is 5.78 Å². The van der Waals surface area contributed by atoms with Gasteiger partial charge in [-0.1, -0.05) is 30.3 Å². The zero-order chi connectivity index (χ0) is 16.8. The minimum absolute atomic E-state index is 0.0192. The smallest absolute Gasteiger partial charge is 0.379 e. The van der Waals surface area contributed by atoms with Crippen LogP contribution in [0, 0.1) is 5.82 Å². The highest BCUT2D eigenvalue weighted by Gasteiger charge is 2.21. The van der Waals surface area contributed by atoms with Crippen LogP contribution in [0.2, 0.25) is 0 Å². The van der Waals surface area contributed by atoms with E-state index < -0.39 is 17.6 Å². The summed E-state index contributed by atoms with van der Waals surface area (Å²) in [6, 6.07) is 11.6. The molecule has 0 aliphatic carbocycles. The molecule has 0 unspecified atom stereocenters. The largest absolute Gasteiger partial charge is 0.485 e. The highest BCUT2D eigenvalue weighted by atomic mass is 79.9. The molecule has 2 rings (SSSR count). The molecule has 0 radical (unpaired) electrons. The quantitative estimate of drug-likeness (QED) is 0.433. The normalized spacial score (nSPS) is 10.2. The van der Waals surface area contributed by atoms with Crippen LogP contribution in [0.5, 0.6) is 5.75 Å². The molecule has 2 aromatic rings. The Morgan fingerprint density at radius 3 is 2.48 bits per heavy atom. The predicted molar refractivity (Wildman–Crippen MR) is 85.8 cm³/mol. The molecule has 6 heteroatoms. The molecule has 4 nitrogen and oxygen atoms in total. The maximum atomic E-state index is 14.2. The summed E-state index contributed by atoms with van der Waals surface area (Å²) in [5, 5.41) is 0. The molecular weight excluding hydrogens is 367 g/mol. The summed E-state index contributed by atoms with van der Waals surface area (Å²) in [5.74, 6) is -2.67. The Balaban J connectivity index is 2.17. The lowest BCUT2D eigenvalue weighted by atomic mass is 10.1. The van der Waals surface area contributed by atoms with Gasteiger partial charge in [-0.2, -0.15) is 0 Å². The van der Waals surface area contributed by atoms with E-state index in [1.54, 1.807) is 6.92 Å². The van der Waals surface area contributed by atoms with Crippen molar-refractivity contribution < 1.29 is 23.5 Å². The molecular formula is C17H14BrFO4. The fraction of sp³-hybridized carbons (Fsp3) is 0.176. The summed E-state index contributed by atoms with van der Waals surface area (Å²) >= 11 is 3.16. The van der Waals surface area contributed by atoms with Crippen molar-refractivity contribution >= 4 is 27.7 Å². The van der Waals surface area contributed by atoms with Crippen LogP contribution in [0.25, 0.3) is 0 Å². The third kappa shape index (κ3) is 4.39. The molecule has 0 aromatic heterocycles. The summed E-state index contributed by atoms with van der Waals surface area (Å²) in [4.78, 5) is 23.2. The fourth-order valence-corrected chi connectivity index (χ4v) is 2.42. The number of benzene rings is 2. The number of hydrogen-bond donors (Lipinski definition) is 0. The first kappa shape index (κ1) is 17.1. The van der Waals surface area contributed by atoms with E-state index in [0.717, 1.165) is 11.6 Å². The molecule has 0 N–H and O–H groups in total. The summed E-state index contributed by atoms with van der Waals surface area (Å²) in [5.41, 5.74) is 0.783. The van der Waals surface area contributed by atoms with Crippen LogP contribution < -0.4 is 4.74 Å².